The molecule has 1 atom stereocenters. The third kappa shape index (κ3) is 2.48. The second-order valence-corrected chi connectivity index (χ2v) is 6.28. The molecule has 7 heteroatoms. The fourth-order valence-electron chi connectivity index (χ4n) is 2.15. The molecule has 0 aliphatic carbocycles. The molecule has 2 rings (SSSR count). The fourth-order valence-corrected chi connectivity index (χ4v) is 2.92. The van der Waals surface area contributed by atoms with Crippen LogP contribution in [0.15, 0.2) is 39.0 Å². The summed E-state index contributed by atoms with van der Waals surface area (Å²) in [6.45, 7) is 3.38. The minimum atomic E-state index is -1.43. The van der Waals surface area contributed by atoms with Crippen LogP contribution in [0.4, 0.5) is 5.69 Å². The topological polar surface area (TPSA) is 66.8 Å². The van der Waals surface area contributed by atoms with Crippen molar-refractivity contribution in [1.82, 2.24) is 0 Å². The largest absolute Gasteiger partial charge is 0.502 e. The van der Waals surface area contributed by atoms with Gasteiger partial charge in [0, 0.05) is 10.2 Å². The summed E-state index contributed by atoms with van der Waals surface area (Å²) in [6, 6.07) is 6.85. The van der Waals surface area contributed by atoms with Crippen LogP contribution in [-0.4, -0.2) is 29.1 Å². The number of nitrogens with zero attached hydrogens (tertiary/aromatic N) is 1. The Hall–Kier alpha value is -1.34. The van der Waals surface area contributed by atoms with Crippen LogP contribution >= 0.6 is 31.9 Å². The molecule has 0 spiro atoms. The zero-order valence-electron chi connectivity index (χ0n) is 11.4. The summed E-state index contributed by atoms with van der Waals surface area (Å²) in [5.74, 6) is -1.76. The molecule has 1 N–H and O–H groups in total. The highest BCUT2D eigenvalue weighted by Crippen LogP contribution is 2.42. The van der Waals surface area contributed by atoms with Crippen LogP contribution in [0.25, 0.3) is 0 Å². The van der Waals surface area contributed by atoms with Gasteiger partial charge in [0.25, 0.3) is 5.91 Å². The number of ether oxygens (including phenoxy) is 1. The molecule has 0 fully saturated rings. The molecule has 0 unspecified atom stereocenters. The van der Waals surface area contributed by atoms with Crippen molar-refractivity contribution < 1.29 is 19.4 Å². The van der Waals surface area contributed by atoms with Crippen LogP contribution < -0.4 is 4.90 Å². The molecule has 0 radical (unpaired) electrons. The maximum absolute atomic E-state index is 12.3. The highest BCUT2D eigenvalue weighted by Gasteiger charge is 2.55. The Morgan fingerprint density at radius 2 is 1.90 bits per heavy atom. The second-order valence-electron chi connectivity index (χ2n) is 4.57. The zero-order valence-corrected chi connectivity index (χ0v) is 14.6. The predicted octanol–water partition coefficient (Wildman–Crippen LogP) is 3.28. The van der Waals surface area contributed by atoms with Gasteiger partial charge in [-0.05, 0) is 54.0 Å². The molecule has 112 valence electrons. The van der Waals surface area contributed by atoms with Gasteiger partial charge in [-0.1, -0.05) is 15.9 Å². The minimum Gasteiger partial charge on any atom is -0.502 e. The van der Waals surface area contributed by atoms with Gasteiger partial charge in [0.05, 0.1) is 11.1 Å². The second kappa shape index (κ2) is 5.81. The molecule has 21 heavy (non-hydrogen) atoms. The number of carbonyl (C=O) groups excluding carboxylic acids is 2. The number of benzene rings is 1. The zero-order chi connectivity index (χ0) is 15.8. The van der Waals surface area contributed by atoms with Crippen LogP contribution in [0.1, 0.15) is 13.8 Å². The summed E-state index contributed by atoms with van der Waals surface area (Å²) in [6.07, 6.45) is 0. The van der Waals surface area contributed by atoms with E-state index in [2.05, 4.69) is 31.9 Å². The van der Waals surface area contributed by atoms with E-state index < -0.39 is 23.2 Å². The summed E-state index contributed by atoms with van der Waals surface area (Å²) in [5.41, 5.74) is -0.940. The third-order valence-electron chi connectivity index (χ3n) is 3.25. The molecule has 1 aromatic carbocycles. The van der Waals surface area contributed by atoms with Crippen molar-refractivity contribution in [2.75, 3.05) is 11.5 Å². The number of aliphatic hydroxyl groups is 1. The van der Waals surface area contributed by atoms with E-state index in [1.807, 2.05) is 0 Å². The van der Waals surface area contributed by atoms with E-state index >= 15 is 0 Å². The molecule has 0 saturated carbocycles. The Morgan fingerprint density at radius 3 is 2.43 bits per heavy atom. The van der Waals surface area contributed by atoms with E-state index in [-0.39, 0.29) is 11.1 Å². The standard InChI is InChI=1S/C14H13Br2NO4/c1-3-21-13(20)14(2)11(16)10(18)12(19)17(14)9-6-4-8(15)5-7-9/h4-7,18H,3H2,1-2H3/t14-/m1/s1. The highest BCUT2D eigenvalue weighted by atomic mass is 79.9. The SMILES string of the molecule is CCOC(=O)[C@@]1(C)C(Br)=C(O)C(=O)N1c1ccc(Br)cc1. The minimum absolute atomic E-state index is 0.0985. The Kier molecular flexibility index (Phi) is 4.43. The van der Waals surface area contributed by atoms with E-state index in [0.717, 1.165) is 4.47 Å². The highest BCUT2D eigenvalue weighted by molar-refractivity contribution is 9.11. The van der Waals surface area contributed by atoms with Gasteiger partial charge in [-0.3, -0.25) is 9.69 Å². The number of halogens is 2. The van der Waals surface area contributed by atoms with Crippen molar-refractivity contribution in [2.24, 2.45) is 0 Å². The van der Waals surface area contributed by atoms with Gasteiger partial charge in [-0.2, -0.15) is 0 Å². The number of carbonyl (C=O) groups is 2. The molecule has 0 aromatic heterocycles. The van der Waals surface area contributed by atoms with Crippen molar-refractivity contribution in [2.45, 2.75) is 19.4 Å². The maximum Gasteiger partial charge on any atom is 0.337 e. The van der Waals surface area contributed by atoms with E-state index in [0.29, 0.717) is 5.69 Å². The van der Waals surface area contributed by atoms with Gasteiger partial charge in [0.1, 0.15) is 0 Å². The molecule has 1 amide bonds. The number of amides is 1. The Balaban J connectivity index is 2.55. The molecular formula is C14H13Br2NO4. The van der Waals surface area contributed by atoms with Crippen molar-refractivity contribution in [1.29, 1.82) is 0 Å². The average Bonchev–Trinajstić information content (AvgIpc) is 2.63. The van der Waals surface area contributed by atoms with Crippen LogP contribution in [-0.2, 0) is 14.3 Å². The molecule has 0 bridgehead atoms. The predicted molar refractivity (Wildman–Crippen MR) is 85.2 cm³/mol. The van der Waals surface area contributed by atoms with Crippen LogP contribution in [0.2, 0.25) is 0 Å². The summed E-state index contributed by atoms with van der Waals surface area (Å²) in [4.78, 5) is 25.8. The lowest BCUT2D eigenvalue weighted by Gasteiger charge is -2.33. The number of anilines is 1. The van der Waals surface area contributed by atoms with Gasteiger partial charge in [0.2, 0.25) is 0 Å². The number of rotatable bonds is 3. The lowest BCUT2D eigenvalue weighted by atomic mass is 10.0. The molecule has 1 aromatic rings. The lowest BCUT2D eigenvalue weighted by molar-refractivity contribution is -0.147. The molecular weight excluding hydrogens is 406 g/mol. The average molecular weight is 419 g/mol. The van der Waals surface area contributed by atoms with E-state index in [1.54, 1.807) is 31.2 Å². The number of esters is 1. The molecule has 0 saturated heterocycles. The Morgan fingerprint density at radius 1 is 1.33 bits per heavy atom. The van der Waals surface area contributed by atoms with E-state index in [4.69, 9.17) is 4.74 Å². The van der Waals surface area contributed by atoms with E-state index in [1.165, 1.54) is 11.8 Å². The summed E-state index contributed by atoms with van der Waals surface area (Å²) in [5, 5.41) is 9.93. The first-order valence-corrected chi connectivity index (χ1v) is 7.79. The molecule has 5 nitrogen and oxygen atoms in total. The maximum atomic E-state index is 12.3. The Labute approximate surface area is 138 Å². The quantitative estimate of drug-likeness (QED) is 0.765. The summed E-state index contributed by atoms with van der Waals surface area (Å²) < 4.78 is 5.99. The van der Waals surface area contributed by atoms with Crippen LogP contribution in [0.3, 0.4) is 0 Å². The van der Waals surface area contributed by atoms with Gasteiger partial charge >= 0.3 is 5.97 Å². The molecule has 1 heterocycles. The smallest absolute Gasteiger partial charge is 0.337 e. The van der Waals surface area contributed by atoms with Gasteiger partial charge in [-0.15, -0.1) is 0 Å². The van der Waals surface area contributed by atoms with Crippen LogP contribution in [0.5, 0.6) is 0 Å². The lowest BCUT2D eigenvalue weighted by Crippen LogP contribution is -2.52. The number of hydrogen-bond acceptors (Lipinski definition) is 4. The first-order valence-electron chi connectivity index (χ1n) is 6.20. The van der Waals surface area contributed by atoms with Crippen molar-refractivity contribution in [3.63, 3.8) is 0 Å². The first kappa shape index (κ1) is 16.0. The first-order chi connectivity index (χ1) is 9.83. The Bertz CT molecular complexity index is 626. The third-order valence-corrected chi connectivity index (χ3v) is 4.92. The van der Waals surface area contributed by atoms with Crippen molar-refractivity contribution in [3.8, 4) is 0 Å². The fraction of sp³-hybridized carbons (Fsp3) is 0.286. The normalized spacial score (nSPS) is 21.9. The van der Waals surface area contributed by atoms with Gasteiger partial charge in [0.15, 0.2) is 11.3 Å². The monoisotopic (exact) mass is 417 g/mol. The molecule has 1 aliphatic rings. The van der Waals surface area contributed by atoms with Gasteiger partial charge in [-0.25, -0.2) is 4.79 Å². The number of hydrogen-bond donors (Lipinski definition) is 1. The molecule has 1 aliphatic heterocycles. The summed E-state index contributed by atoms with van der Waals surface area (Å²) >= 11 is 6.46. The van der Waals surface area contributed by atoms with Crippen molar-refractivity contribution in [3.05, 3.63) is 39.0 Å². The summed E-state index contributed by atoms with van der Waals surface area (Å²) in [7, 11) is 0. The van der Waals surface area contributed by atoms with Crippen LogP contribution in [0, 0.1) is 0 Å². The number of aliphatic hydroxyl groups excluding tert-OH is 1. The van der Waals surface area contributed by atoms with Crippen molar-refractivity contribution >= 4 is 49.4 Å². The van der Waals surface area contributed by atoms with Gasteiger partial charge < -0.3 is 9.84 Å². The van der Waals surface area contributed by atoms with E-state index in [9.17, 15) is 14.7 Å².